The van der Waals surface area contributed by atoms with Gasteiger partial charge in [0, 0.05) is 17.1 Å². The van der Waals surface area contributed by atoms with E-state index in [1.165, 1.54) is 0 Å². The average molecular weight is 362 g/mol. The first-order chi connectivity index (χ1) is 10.1. The van der Waals surface area contributed by atoms with Gasteiger partial charge in [-0.2, -0.15) is 5.10 Å². The molecule has 0 aliphatic carbocycles. The van der Waals surface area contributed by atoms with Gasteiger partial charge in [0.1, 0.15) is 0 Å². The van der Waals surface area contributed by atoms with Crippen LogP contribution in [0.4, 0.5) is 0 Å². The average Bonchev–Trinajstić information content (AvgIpc) is 3.10. The molecule has 3 aromatic rings. The molecule has 106 valence electrons. The zero-order valence-electron chi connectivity index (χ0n) is 11.2. The number of aromatic amines is 1. The Kier molecular flexibility index (Phi) is 3.90. The topological polar surface area (TPSA) is 57.2 Å². The van der Waals surface area contributed by atoms with E-state index in [0.717, 1.165) is 25.3 Å². The molecule has 0 aliphatic rings. The number of nitrogens with zero attached hydrogens (tertiary/aromatic N) is 1. The van der Waals surface area contributed by atoms with Gasteiger partial charge in [-0.15, -0.1) is 11.3 Å². The summed E-state index contributed by atoms with van der Waals surface area (Å²) in [5, 5.41) is 5.05. The summed E-state index contributed by atoms with van der Waals surface area (Å²) in [7, 11) is 0. The molecule has 21 heavy (non-hydrogen) atoms. The van der Waals surface area contributed by atoms with Crippen LogP contribution in [-0.2, 0) is 0 Å². The lowest BCUT2D eigenvalue weighted by Crippen LogP contribution is -2.18. The summed E-state index contributed by atoms with van der Waals surface area (Å²) >= 11 is 4.99. The van der Waals surface area contributed by atoms with E-state index < -0.39 is 0 Å². The number of hydrazone groups is 1. The molecule has 1 aromatic carbocycles. The summed E-state index contributed by atoms with van der Waals surface area (Å²) in [6.45, 7) is 1.87. The molecule has 6 heteroatoms. The lowest BCUT2D eigenvalue weighted by atomic mass is 10.2. The van der Waals surface area contributed by atoms with Crippen LogP contribution in [0.3, 0.4) is 0 Å². The van der Waals surface area contributed by atoms with Crippen molar-refractivity contribution in [2.45, 2.75) is 6.92 Å². The molecule has 0 aliphatic heterocycles. The third-order valence-corrected chi connectivity index (χ3v) is 4.82. The van der Waals surface area contributed by atoms with Crippen LogP contribution in [0.2, 0.25) is 0 Å². The van der Waals surface area contributed by atoms with Crippen molar-refractivity contribution in [3.63, 3.8) is 0 Å². The zero-order valence-corrected chi connectivity index (χ0v) is 13.6. The van der Waals surface area contributed by atoms with Crippen LogP contribution in [-0.4, -0.2) is 16.6 Å². The number of benzene rings is 1. The molecule has 2 N–H and O–H groups in total. The van der Waals surface area contributed by atoms with Crippen LogP contribution in [0.25, 0.3) is 10.9 Å². The summed E-state index contributed by atoms with van der Waals surface area (Å²) in [6, 6.07) is 11.6. The highest BCUT2D eigenvalue weighted by Gasteiger charge is 2.11. The maximum atomic E-state index is 12.2. The molecule has 0 radical (unpaired) electrons. The van der Waals surface area contributed by atoms with Gasteiger partial charge in [-0.05, 0) is 41.1 Å². The molecule has 0 bridgehead atoms. The standard InChI is InChI=1S/C15H12BrN3OS/c1-9(13-6-7-14(16)21-13)18-19-15(20)11-8-17-12-5-3-2-4-10(11)12/h2-8,17H,1H3,(H,19,20)/b18-9+. The minimum Gasteiger partial charge on any atom is -0.360 e. The number of thiophene rings is 1. The summed E-state index contributed by atoms with van der Waals surface area (Å²) in [6.07, 6.45) is 1.70. The van der Waals surface area contributed by atoms with Crippen LogP contribution in [0.5, 0.6) is 0 Å². The summed E-state index contributed by atoms with van der Waals surface area (Å²) in [4.78, 5) is 16.3. The van der Waals surface area contributed by atoms with Gasteiger partial charge in [-0.25, -0.2) is 5.43 Å². The number of H-pyrrole nitrogens is 1. The van der Waals surface area contributed by atoms with Crippen LogP contribution < -0.4 is 5.43 Å². The zero-order chi connectivity index (χ0) is 14.8. The molecule has 0 spiro atoms. The van der Waals surface area contributed by atoms with Crippen molar-refractivity contribution in [3.8, 4) is 0 Å². The van der Waals surface area contributed by atoms with Crippen LogP contribution in [0, 0.1) is 0 Å². The second-order valence-corrected chi connectivity index (χ2v) is 6.95. The number of hydrogen-bond acceptors (Lipinski definition) is 3. The number of carbonyl (C=O) groups excluding carboxylic acids is 1. The first kappa shape index (κ1) is 14.0. The molecular weight excluding hydrogens is 350 g/mol. The molecule has 0 saturated carbocycles. The first-order valence-electron chi connectivity index (χ1n) is 6.31. The van der Waals surface area contributed by atoms with Crippen LogP contribution >= 0.6 is 27.3 Å². The maximum Gasteiger partial charge on any atom is 0.273 e. The lowest BCUT2D eigenvalue weighted by molar-refractivity contribution is 0.0956. The Morgan fingerprint density at radius 2 is 2.10 bits per heavy atom. The summed E-state index contributed by atoms with van der Waals surface area (Å²) in [5.41, 5.74) is 4.91. The second-order valence-electron chi connectivity index (χ2n) is 4.49. The summed E-state index contributed by atoms with van der Waals surface area (Å²) < 4.78 is 1.04. The van der Waals surface area contributed by atoms with Gasteiger partial charge in [0.25, 0.3) is 5.91 Å². The molecule has 0 saturated heterocycles. The van der Waals surface area contributed by atoms with E-state index >= 15 is 0 Å². The number of fused-ring (bicyclic) bond motifs is 1. The third-order valence-electron chi connectivity index (χ3n) is 3.09. The van der Waals surface area contributed by atoms with Gasteiger partial charge < -0.3 is 4.98 Å². The monoisotopic (exact) mass is 361 g/mol. The highest BCUT2D eigenvalue weighted by atomic mass is 79.9. The fourth-order valence-corrected chi connectivity index (χ4v) is 3.35. The normalized spacial score (nSPS) is 11.8. The van der Waals surface area contributed by atoms with E-state index in [0.29, 0.717) is 5.56 Å². The molecule has 3 rings (SSSR count). The van der Waals surface area contributed by atoms with Crippen molar-refractivity contribution < 1.29 is 4.79 Å². The Hall–Kier alpha value is -1.92. The Morgan fingerprint density at radius 1 is 1.29 bits per heavy atom. The van der Waals surface area contributed by atoms with Crippen molar-refractivity contribution in [1.82, 2.24) is 10.4 Å². The van der Waals surface area contributed by atoms with E-state index in [1.54, 1.807) is 17.5 Å². The van der Waals surface area contributed by atoms with Gasteiger partial charge in [-0.3, -0.25) is 4.79 Å². The minimum absolute atomic E-state index is 0.220. The molecule has 4 nitrogen and oxygen atoms in total. The van der Waals surface area contributed by atoms with Gasteiger partial charge in [0.2, 0.25) is 0 Å². The van der Waals surface area contributed by atoms with Gasteiger partial charge >= 0.3 is 0 Å². The van der Waals surface area contributed by atoms with Gasteiger partial charge in [0.15, 0.2) is 0 Å². The molecule has 2 heterocycles. The van der Waals surface area contributed by atoms with E-state index in [4.69, 9.17) is 0 Å². The Bertz CT molecular complexity index is 834. The Balaban J connectivity index is 1.80. The predicted octanol–water partition coefficient (Wildman–Crippen LogP) is 4.15. The molecule has 1 amide bonds. The lowest BCUT2D eigenvalue weighted by Gasteiger charge is -2.00. The smallest absolute Gasteiger partial charge is 0.273 e. The second kappa shape index (κ2) is 5.83. The van der Waals surface area contributed by atoms with E-state index in [-0.39, 0.29) is 5.91 Å². The minimum atomic E-state index is -0.220. The van der Waals surface area contributed by atoms with E-state index in [1.807, 2.05) is 43.3 Å². The van der Waals surface area contributed by atoms with Crippen molar-refractivity contribution in [3.05, 3.63) is 56.8 Å². The fraction of sp³-hybridized carbons (Fsp3) is 0.0667. The van der Waals surface area contributed by atoms with Crippen molar-refractivity contribution >= 4 is 49.8 Å². The molecule has 2 aromatic heterocycles. The number of amides is 1. The SMILES string of the molecule is C/C(=N\NC(=O)c1c[nH]c2ccccc12)c1ccc(Br)s1. The van der Waals surface area contributed by atoms with Crippen molar-refractivity contribution in [1.29, 1.82) is 0 Å². The van der Waals surface area contributed by atoms with E-state index in [2.05, 4.69) is 31.4 Å². The number of aromatic nitrogens is 1. The molecule has 0 unspecified atom stereocenters. The summed E-state index contributed by atoms with van der Waals surface area (Å²) in [5.74, 6) is -0.220. The first-order valence-corrected chi connectivity index (χ1v) is 7.92. The quantitative estimate of drug-likeness (QED) is 0.534. The Morgan fingerprint density at radius 3 is 2.86 bits per heavy atom. The van der Waals surface area contributed by atoms with Crippen molar-refractivity contribution in [2.75, 3.05) is 0 Å². The van der Waals surface area contributed by atoms with Crippen LogP contribution in [0.1, 0.15) is 22.2 Å². The number of nitrogens with one attached hydrogen (secondary N) is 2. The number of carbonyl (C=O) groups is 1. The van der Waals surface area contributed by atoms with Gasteiger partial charge in [-0.1, -0.05) is 18.2 Å². The maximum absolute atomic E-state index is 12.2. The predicted molar refractivity (Wildman–Crippen MR) is 90.0 cm³/mol. The van der Waals surface area contributed by atoms with Gasteiger partial charge in [0.05, 0.1) is 19.9 Å². The third kappa shape index (κ3) is 2.91. The number of para-hydroxylation sites is 1. The number of rotatable bonds is 3. The van der Waals surface area contributed by atoms with Crippen molar-refractivity contribution in [2.24, 2.45) is 5.10 Å². The number of hydrogen-bond donors (Lipinski definition) is 2. The highest BCUT2D eigenvalue weighted by molar-refractivity contribution is 9.11. The van der Waals surface area contributed by atoms with E-state index in [9.17, 15) is 4.79 Å². The largest absolute Gasteiger partial charge is 0.360 e. The molecule has 0 atom stereocenters. The molecular formula is C15H12BrN3OS. The fourth-order valence-electron chi connectivity index (χ4n) is 2.02. The Labute approximate surface area is 134 Å². The number of halogens is 1. The molecule has 0 fully saturated rings. The van der Waals surface area contributed by atoms with Crippen LogP contribution in [0.15, 0.2) is 51.5 Å². The highest BCUT2D eigenvalue weighted by Crippen LogP contribution is 2.22.